The van der Waals surface area contributed by atoms with Gasteiger partial charge in [0.25, 0.3) is 5.56 Å². The van der Waals surface area contributed by atoms with Gasteiger partial charge in [0, 0.05) is 44.7 Å². The van der Waals surface area contributed by atoms with Gasteiger partial charge in [0.15, 0.2) is 0 Å². The van der Waals surface area contributed by atoms with Gasteiger partial charge >= 0.3 is 5.69 Å². The van der Waals surface area contributed by atoms with Gasteiger partial charge in [-0.1, -0.05) is 30.3 Å². The lowest BCUT2D eigenvalue weighted by Crippen LogP contribution is -2.42. The number of likely N-dealkylation sites (tertiary alicyclic amines) is 1. The van der Waals surface area contributed by atoms with E-state index < -0.39 is 0 Å². The van der Waals surface area contributed by atoms with Crippen LogP contribution in [0.25, 0.3) is 0 Å². The molecular weight excluding hydrogens is 386 g/mol. The van der Waals surface area contributed by atoms with Crippen molar-refractivity contribution in [3.8, 4) is 0 Å². The molecule has 1 unspecified atom stereocenters. The van der Waals surface area contributed by atoms with Crippen LogP contribution in [0.4, 0.5) is 0 Å². The maximum Gasteiger partial charge on any atom is 0.330 e. The Morgan fingerprint density at radius 2 is 1.76 bits per heavy atom. The number of hydrogen-bond acceptors (Lipinski definition) is 4. The minimum atomic E-state index is -0.340. The zero-order valence-corrected chi connectivity index (χ0v) is 18.2. The highest BCUT2D eigenvalue weighted by molar-refractivity contribution is 7.99. The molecule has 1 atom stereocenters. The van der Waals surface area contributed by atoms with Crippen molar-refractivity contribution in [2.24, 2.45) is 20.0 Å². The zero-order valence-electron chi connectivity index (χ0n) is 17.3. The number of rotatable bonds is 6. The molecular formula is C22H29N3O3S. The monoisotopic (exact) mass is 415 g/mol. The van der Waals surface area contributed by atoms with Gasteiger partial charge in [-0.15, -0.1) is 11.8 Å². The van der Waals surface area contributed by atoms with Crippen LogP contribution in [0.15, 0.2) is 46.0 Å². The number of benzene rings is 1. The zero-order chi connectivity index (χ0) is 21.0. The summed E-state index contributed by atoms with van der Waals surface area (Å²) in [7, 11) is 3.12. The predicted octanol–water partition coefficient (Wildman–Crippen LogP) is 2.19. The second-order valence-electron chi connectivity index (χ2n) is 7.79. The van der Waals surface area contributed by atoms with E-state index in [4.69, 9.17) is 0 Å². The van der Waals surface area contributed by atoms with E-state index in [1.807, 2.05) is 17.9 Å². The lowest BCUT2D eigenvalue weighted by atomic mass is 9.90. The van der Waals surface area contributed by atoms with Crippen molar-refractivity contribution in [2.45, 2.75) is 37.2 Å². The normalized spacial score (nSPS) is 16.0. The Morgan fingerprint density at radius 3 is 2.41 bits per heavy atom. The minimum absolute atomic E-state index is 0.141. The SMILES string of the molecule is CC(SCc1cc(=O)n(C)c(=O)n1C)C(=O)N1CCC(Cc2ccccc2)CC1. The third kappa shape index (κ3) is 5.21. The molecule has 2 aromatic rings. The topological polar surface area (TPSA) is 64.3 Å². The van der Waals surface area contributed by atoms with Gasteiger partial charge in [-0.05, 0) is 37.7 Å². The van der Waals surface area contributed by atoms with E-state index in [-0.39, 0.29) is 22.4 Å². The molecule has 0 saturated carbocycles. The fourth-order valence-corrected chi connectivity index (χ4v) is 4.75. The molecule has 0 spiro atoms. The van der Waals surface area contributed by atoms with Gasteiger partial charge in [0.2, 0.25) is 5.91 Å². The predicted molar refractivity (Wildman–Crippen MR) is 117 cm³/mol. The van der Waals surface area contributed by atoms with Gasteiger partial charge < -0.3 is 4.90 Å². The molecule has 0 N–H and O–H groups in total. The Kier molecular flexibility index (Phi) is 7.00. The summed E-state index contributed by atoms with van der Waals surface area (Å²) in [5.41, 5.74) is 1.35. The summed E-state index contributed by atoms with van der Waals surface area (Å²) >= 11 is 1.47. The van der Waals surface area contributed by atoms with Crippen LogP contribution in [0.2, 0.25) is 0 Å². The number of carbonyl (C=O) groups is 1. The molecule has 1 aromatic carbocycles. The highest BCUT2D eigenvalue weighted by atomic mass is 32.2. The molecule has 1 aliphatic heterocycles. The molecule has 1 aromatic heterocycles. The number of carbonyl (C=O) groups excluding carboxylic acids is 1. The Bertz CT molecular complexity index is 960. The van der Waals surface area contributed by atoms with Gasteiger partial charge in [-0.3, -0.25) is 18.7 Å². The molecule has 6 nitrogen and oxygen atoms in total. The van der Waals surface area contributed by atoms with E-state index in [1.54, 1.807) is 7.05 Å². The Balaban J connectivity index is 1.51. The van der Waals surface area contributed by atoms with Crippen molar-refractivity contribution < 1.29 is 4.79 Å². The average molecular weight is 416 g/mol. The number of piperidine rings is 1. The van der Waals surface area contributed by atoms with Crippen LogP contribution < -0.4 is 11.2 Å². The first-order valence-electron chi connectivity index (χ1n) is 10.1. The lowest BCUT2D eigenvalue weighted by Gasteiger charge is -2.33. The minimum Gasteiger partial charge on any atom is -0.342 e. The van der Waals surface area contributed by atoms with E-state index in [1.165, 1.54) is 35.0 Å². The van der Waals surface area contributed by atoms with Crippen LogP contribution in [-0.4, -0.2) is 38.3 Å². The van der Waals surface area contributed by atoms with Crippen LogP contribution in [0.1, 0.15) is 31.0 Å². The van der Waals surface area contributed by atoms with Crippen molar-refractivity contribution in [1.29, 1.82) is 0 Å². The molecule has 0 bridgehead atoms. The van der Waals surface area contributed by atoms with E-state index in [9.17, 15) is 14.4 Å². The molecule has 156 valence electrons. The molecule has 1 fully saturated rings. The summed E-state index contributed by atoms with van der Waals surface area (Å²) in [5, 5.41) is -0.208. The van der Waals surface area contributed by atoms with Crippen molar-refractivity contribution in [3.63, 3.8) is 0 Å². The fraction of sp³-hybridized carbons (Fsp3) is 0.500. The third-order valence-corrected chi connectivity index (χ3v) is 6.91. The van der Waals surface area contributed by atoms with E-state index >= 15 is 0 Å². The molecule has 1 aliphatic rings. The Hall–Kier alpha value is -2.28. The average Bonchev–Trinajstić information content (AvgIpc) is 2.74. The van der Waals surface area contributed by atoms with Crippen LogP contribution >= 0.6 is 11.8 Å². The molecule has 29 heavy (non-hydrogen) atoms. The largest absolute Gasteiger partial charge is 0.342 e. The summed E-state index contributed by atoms with van der Waals surface area (Å²) < 4.78 is 2.56. The van der Waals surface area contributed by atoms with Crippen molar-refractivity contribution in [1.82, 2.24) is 14.0 Å². The maximum absolute atomic E-state index is 12.8. The molecule has 1 amide bonds. The van der Waals surface area contributed by atoms with Crippen molar-refractivity contribution in [3.05, 3.63) is 68.5 Å². The summed E-state index contributed by atoms with van der Waals surface area (Å²) in [4.78, 5) is 38.7. The molecule has 0 radical (unpaired) electrons. The smallest absolute Gasteiger partial charge is 0.330 e. The highest BCUT2D eigenvalue weighted by Crippen LogP contribution is 2.24. The Labute approximate surface area is 175 Å². The molecule has 3 rings (SSSR count). The number of aromatic nitrogens is 2. The summed E-state index contributed by atoms with van der Waals surface area (Å²) in [5.74, 6) is 1.22. The van der Waals surface area contributed by atoms with Gasteiger partial charge in [-0.2, -0.15) is 0 Å². The first kappa shape index (κ1) is 21.4. The first-order chi connectivity index (χ1) is 13.9. The van der Waals surface area contributed by atoms with E-state index in [2.05, 4.69) is 24.3 Å². The second-order valence-corrected chi connectivity index (χ2v) is 9.12. The van der Waals surface area contributed by atoms with Crippen molar-refractivity contribution >= 4 is 17.7 Å². The van der Waals surface area contributed by atoms with Crippen LogP contribution in [-0.2, 0) is 31.1 Å². The number of thioether (sulfide) groups is 1. The standard InChI is InChI=1S/C22H29N3O3S/c1-16(29-15-19-14-20(26)24(3)22(28)23(19)2)21(27)25-11-9-18(10-12-25)13-17-7-5-4-6-8-17/h4-8,14,16,18H,9-13,15H2,1-3H3. The van der Waals surface area contributed by atoms with E-state index in [0.717, 1.165) is 36.9 Å². The van der Waals surface area contributed by atoms with Crippen molar-refractivity contribution in [2.75, 3.05) is 13.1 Å². The van der Waals surface area contributed by atoms with Crippen LogP contribution in [0.5, 0.6) is 0 Å². The molecule has 2 heterocycles. The molecule has 1 saturated heterocycles. The van der Waals surface area contributed by atoms with E-state index in [0.29, 0.717) is 17.4 Å². The number of nitrogens with zero attached hydrogens (tertiary/aromatic N) is 3. The highest BCUT2D eigenvalue weighted by Gasteiger charge is 2.26. The Morgan fingerprint density at radius 1 is 1.10 bits per heavy atom. The quantitative estimate of drug-likeness (QED) is 0.726. The summed E-state index contributed by atoms with van der Waals surface area (Å²) in [6.45, 7) is 3.50. The second kappa shape index (κ2) is 9.48. The van der Waals surface area contributed by atoms with Gasteiger partial charge in [0.05, 0.1) is 5.25 Å². The number of amides is 1. The summed E-state index contributed by atoms with van der Waals surface area (Å²) in [6, 6.07) is 12.0. The van der Waals surface area contributed by atoms with Gasteiger partial charge in [0.1, 0.15) is 0 Å². The molecule has 7 heteroatoms. The fourth-order valence-electron chi connectivity index (χ4n) is 3.76. The van der Waals surface area contributed by atoms with Crippen LogP contribution in [0, 0.1) is 5.92 Å². The number of hydrogen-bond donors (Lipinski definition) is 0. The summed E-state index contributed by atoms with van der Waals surface area (Å²) in [6.07, 6.45) is 3.13. The van der Waals surface area contributed by atoms with Crippen LogP contribution in [0.3, 0.4) is 0 Å². The molecule has 0 aliphatic carbocycles. The first-order valence-corrected chi connectivity index (χ1v) is 11.1. The maximum atomic E-state index is 12.8. The third-order valence-electron chi connectivity index (χ3n) is 5.75. The lowest BCUT2D eigenvalue weighted by molar-refractivity contribution is -0.131. The van der Waals surface area contributed by atoms with Gasteiger partial charge in [-0.25, -0.2) is 4.79 Å².